The van der Waals surface area contributed by atoms with Crippen LogP contribution in [-0.2, 0) is 0 Å². The van der Waals surface area contributed by atoms with Crippen molar-refractivity contribution in [1.29, 1.82) is 0 Å². The maximum atomic E-state index is 6.39. The van der Waals surface area contributed by atoms with E-state index in [2.05, 4.69) is 242 Å². The second-order valence-corrected chi connectivity index (χ2v) is 17.1. The third kappa shape index (κ3) is 7.47. The molecule has 0 bridgehead atoms. The van der Waals surface area contributed by atoms with Gasteiger partial charge < -0.3 is 9.32 Å². The van der Waals surface area contributed by atoms with E-state index in [0.29, 0.717) is 5.89 Å². The number of anilines is 3. The quantitative estimate of drug-likeness (QED) is 0.145. The lowest BCUT2D eigenvalue weighted by molar-refractivity contribution is 0.620. The van der Waals surface area contributed by atoms with Gasteiger partial charge in [0, 0.05) is 33.9 Å². The molecule has 1 aliphatic carbocycles. The van der Waals surface area contributed by atoms with E-state index in [1.807, 2.05) is 12.1 Å². The molecule has 11 aromatic rings. The van der Waals surface area contributed by atoms with E-state index in [-0.39, 0.29) is 5.92 Å². The van der Waals surface area contributed by atoms with Crippen molar-refractivity contribution in [3.8, 4) is 44.8 Å². The third-order valence-corrected chi connectivity index (χ3v) is 13.0. The average molecular weight is 845 g/mol. The van der Waals surface area contributed by atoms with Crippen molar-refractivity contribution in [2.24, 2.45) is 0 Å². The van der Waals surface area contributed by atoms with Crippen LogP contribution < -0.4 is 4.90 Å². The topological polar surface area (TPSA) is 29.3 Å². The molecule has 1 unspecified atom stereocenters. The molecular formula is C63H44N2O. The van der Waals surface area contributed by atoms with E-state index >= 15 is 0 Å². The summed E-state index contributed by atoms with van der Waals surface area (Å²) < 4.78 is 6.39. The zero-order chi connectivity index (χ0) is 43.8. The zero-order valence-corrected chi connectivity index (χ0v) is 36.3. The molecule has 0 saturated carbocycles. The Bertz CT molecular complexity index is 3580. The maximum Gasteiger partial charge on any atom is 0.227 e. The minimum Gasteiger partial charge on any atom is -0.436 e. The van der Waals surface area contributed by atoms with Crippen LogP contribution in [0.3, 0.4) is 0 Å². The summed E-state index contributed by atoms with van der Waals surface area (Å²) in [6.45, 7) is 0. The van der Waals surface area contributed by atoms with Crippen LogP contribution in [0.1, 0.15) is 23.5 Å². The minimum absolute atomic E-state index is 0.199. The van der Waals surface area contributed by atoms with Crippen LogP contribution in [-0.4, -0.2) is 4.98 Å². The normalized spacial score (nSPS) is 13.6. The molecule has 3 heteroatoms. The number of aromatic nitrogens is 1. The van der Waals surface area contributed by atoms with Gasteiger partial charge in [0.05, 0.1) is 0 Å². The van der Waals surface area contributed by atoms with Gasteiger partial charge in [-0.15, -0.1) is 0 Å². The summed E-state index contributed by atoms with van der Waals surface area (Å²) in [6, 6.07) is 82.6. The molecule has 312 valence electrons. The second kappa shape index (κ2) is 16.9. The lowest BCUT2D eigenvalue weighted by atomic mass is 9.86. The lowest BCUT2D eigenvalue weighted by Gasteiger charge is -2.27. The van der Waals surface area contributed by atoms with Gasteiger partial charge in [0.15, 0.2) is 5.58 Å². The van der Waals surface area contributed by atoms with Crippen LogP contribution >= 0.6 is 0 Å². The summed E-state index contributed by atoms with van der Waals surface area (Å²) in [5.74, 6) is 0.825. The standard InChI is InChI=1S/C63H44N2O/c1-3-12-43(13-4-1)45-24-27-50(28-25-45)63-64-62-60-42-54(29-26-49(60)34-39-61(62)66-63)52-19-9-18-51(40-52)53-20-10-21-57(41-53)65(55-35-30-46(31-36-55)44-14-5-2-6-15-44)56-37-32-48(33-38-56)59-23-11-17-47-16-7-8-22-58(47)59/h1-17,19-42,51H,18H2. The highest BCUT2D eigenvalue weighted by Crippen LogP contribution is 2.41. The monoisotopic (exact) mass is 844 g/mol. The molecule has 66 heavy (non-hydrogen) atoms. The third-order valence-electron chi connectivity index (χ3n) is 13.0. The number of fused-ring (bicyclic) bond motifs is 4. The second-order valence-electron chi connectivity index (χ2n) is 17.1. The molecule has 0 saturated heterocycles. The van der Waals surface area contributed by atoms with E-state index in [1.165, 1.54) is 55.3 Å². The number of hydrogen-bond acceptors (Lipinski definition) is 3. The van der Waals surface area contributed by atoms with E-state index in [9.17, 15) is 0 Å². The Balaban J connectivity index is 0.874. The molecule has 1 heterocycles. The fraction of sp³-hybridized carbons (Fsp3) is 0.0317. The first-order valence-electron chi connectivity index (χ1n) is 22.7. The maximum absolute atomic E-state index is 6.39. The highest BCUT2D eigenvalue weighted by atomic mass is 16.3. The van der Waals surface area contributed by atoms with E-state index in [0.717, 1.165) is 56.5 Å². The van der Waals surface area contributed by atoms with Gasteiger partial charge >= 0.3 is 0 Å². The summed E-state index contributed by atoms with van der Waals surface area (Å²) in [4.78, 5) is 7.46. The Hall–Kier alpha value is -8.53. The Labute approximate surface area is 384 Å². The molecule has 1 atom stereocenters. The lowest BCUT2D eigenvalue weighted by Crippen LogP contribution is -2.11. The van der Waals surface area contributed by atoms with Crippen LogP contribution in [0.5, 0.6) is 0 Å². The highest BCUT2D eigenvalue weighted by Gasteiger charge is 2.19. The Morgan fingerprint density at radius 2 is 1.00 bits per heavy atom. The van der Waals surface area contributed by atoms with Crippen LogP contribution in [0.2, 0.25) is 0 Å². The fourth-order valence-corrected chi connectivity index (χ4v) is 9.60. The van der Waals surface area contributed by atoms with Gasteiger partial charge in [-0.1, -0.05) is 188 Å². The van der Waals surface area contributed by atoms with Crippen LogP contribution in [0.25, 0.3) is 83.1 Å². The molecular weight excluding hydrogens is 801 g/mol. The molecule has 1 aliphatic rings. The molecule has 12 rings (SSSR count). The van der Waals surface area contributed by atoms with Crippen molar-refractivity contribution in [2.45, 2.75) is 12.3 Å². The van der Waals surface area contributed by atoms with Crippen LogP contribution in [0.15, 0.2) is 253 Å². The van der Waals surface area contributed by atoms with Crippen molar-refractivity contribution in [2.75, 3.05) is 4.90 Å². The summed E-state index contributed by atoms with van der Waals surface area (Å²) in [5, 5.41) is 4.72. The number of oxazole rings is 1. The molecule has 3 nitrogen and oxygen atoms in total. The molecule has 0 amide bonds. The van der Waals surface area contributed by atoms with E-state index in [4.69, 9.17) is 9.40 Å². The number of hydrogen-bond donors (Lipinski definition) is 0. The van der Waals surface area contributed by atoms with Crippen molar-refractivity contribution in [3.63, 3.8) is 0 Å². The molecule has 0 aliphatic heterocycles. The van der Waals surface area contributed by atoms with Crippen molar-refractivity contribution in [3.05, 3.63) is 260 Å². The number of benzene rings is 10. The number of nitrogens with zero attached hydrogens (tertiary/aromatic N) is 2. The van der Waals surface area contributed by atoms with Crippen molar-refractivity contribution < 1.29 is 4.42 Å². The van der Waals surface area contributed by atoms with Crippen LogP contribution in [0, 0.1) is 0 Å². The Morgan fingerprint density at radius 1 is 0.424 bits per heavy atom. The largest absolute Gasteiger partial charge is 0.436 e. The smallest absolute Gasteiger partial charge is 0.227 e. The predicted molar refractivity (Wildman–Crippen MR) is 276 cm³/mol. The van der Waals surface area contributed by atoms with Gasteiger partial charge in [-0.25, -0.2) is 4.98 Å². The van der Waals surface area contributed by atoms with Gasteiger partial charge in [-0.3, -0.25) is 0 Å². The van der Waals surface area contributed by atoms with E-state index < -0.39 is 0 Å². The van der Waals surface area contributed by atoms with Gasteiger partial charge in [-0.2, -0.15) is 0 Å². The molecule has 0 N–H and O–H groups in total. The van der Waals surface area contributed by atoms with E-state index in [1.54, 1.807) is 0 Å². The first-order valence-corrected chi connectivity index (χ1v) is 22.7. The van der Waals surface area contributed by atoms with Crippen molar-refractivity contribution in [1.82, 2.24) is 4.98 Å². The number of rotatable bonds is 9. The molecule has 0 radical (unpaired) electrons. The van der Waals surface area contributed by atoms with Crippen molar-refractivity contribution >= 4 is 55.3 Å². The molecule has 1 aromatic heterocycles. The van der Waals surface area contributed by atoms with Gasteiger partial charge in [0.2, 0.25) is 5.89 Å². The van der Waals surface area contributed by atoms with Crippen LogP contribution in [0.4, 0.5) is 17.1 Å². The first kappa shape index (κ1) is 39.1. The Morgan fingerprint density at radius 3 is 1.74 bits per heavy atom. The molecule has 0 spiro atoms. The first-order chi connectivity index (χ1) is 32.7. The Kier molecular flexibility index (Phi) is 10.00. The fourth-order valence-electron chi connectivity index (χ4n) is 9.60. The van der Waals surface area contributed by atoms with Gasteiger partial charge in [0.1, 0.15) is 5.52 Å². The highest BCUT2D eigenvalue weighted by molar-refractivity contribution is 6.05. The molecule has 10 aromatic carbocycles. The summed E-state index contributed by atoms with van der Waals surface area (Å²) >= 11 is 0. The SMILES string of the molecule is C1=CC(c2ccc3ccc4oc(-c5ccc(-c6ccccc6)cc5)nc4c3c2)=CC(c2cccc(N(c3ccc(-c4ccccc4)cc3)c3ccc(-c4cccc5ccccc45)cc3)c2)C1. The minimum atomic E-state index is 0.199. The predicted octanol–water partition coefficient (Wildman–Crippen LogP) is 17.4. The molecule has 0 fully saturated rings. The summed E-state index contributed by atoms with van der Waals surface area (Å²) in [7, 11) is 0. The number of allylic oxidation sites excluding steroid dienone is 4. The van der Waals surface area contributed by atoms with Gasteiger partial charge in [0.25, 0.3) is 0 Å². The van der Waals surface area contributed by atoms with Gasteiger partial charge in [-0.05, 0) is 133 Å². The summed E-state index contributed by atoms with van der Waals surface area (Å²) in [6.07, 6.45) is 7.94. The zero-order valence-electron chi connectivity index (χ0n) is 36.3. The average Bonchev–Trinajstić information content (AvgIpc) is 3.85. The summed E-state index contributed by atoms with van der Waals surface area (Å²) in [5.41, 5.74) is 16.8.